The van der Waals surface area contributed by atoms with E-state index in [9.17, 15) is 0 Å². The van der Waals surface area contributed by atoms with Crippen LogP contribution in [0.25, 0.3) is 0 Å². The summed E-state index contributed by atoms with van der Waals surface area (Å²) in [6.07, 6.45) is 2.14. The highest BCUT2D eigenvalue weighted by atomic mass is 32.1. The average molecular weight is 304 g/mol. The van der Waals surface area contributed by atoms with Crippen LogP contribution in [0.4, 0.5) is 0 Å². The van der Waals surface area contributed by atoms with Gasteiger partial charge >= 0.3 is 0 Å². The summed E-state index contributed by atoms with van der Waals surface area (Å²) in [6, 6.07) is 8.52. The molecule has 4 heteroatoms. The van der Waals surface area contributed by atoms with Gasteiger partial charge in [-0.3, -0.25) is 0 Å². The molecule has 0 aliphatic rings. The fourth-order valence-electron chi connectivity index (χ4n) is 2.17. The third kappa shape index (κ3) is 4.55. The first-order valence-electron chi connectivity index (χ1n) is 7.62. The van der Waals surface area contributed by atoms with Crippen molar-refractivity contribution in [2.45, 2.75) is 39.7 Å². The zero-order valence-electron chi connectivity index (χ0n) is 13.1. The molecule has 0 aliphatic heterocycles. The van der Waals surface area contributed by atoms with E-state index in [1.54, 1.807) is 11.3 Å². The van der Waals surface area contributed by atoms with E-state index >= 15 is 0 Å². The second kappa shape index (κ2) is 8.15. The molecule has 0 fully saturated rings. The van der Waals surface area contributed by atoms with Crippen LogP contribution in [0.15, 0.2) is 29.6 Å². The molecule has 2 rings (SSSR count). The van der Waals surface area contributed by atoms with E-state index < -0.39 is 0 Å². The Balaban J connectivity index is 2.16. The van der Waals surface area contributed by atoms with Crippen LogP contribution in [0.2, 0.25) is 0 Å². The van der Waals surface area contributed by atoms with Crippen LogP contribution in [-0.2, 0) is 0 Å². The van der Waals surface area contributed by atoms with Crippen molar-refractivity contribution in [2.24, 2.45) is 0 Å². The molecular weight excluding hydrogens is 280 g/mol. The zero-order valence-corrected chi connectivity index (χ0v) is 13.9. The van der Waals surface area contributed by atoms with Gasteiger partial charge in [0.1, 0.15) is 5.75 Å². The van der Waals surface area contributed by atoms with Crippen LogP contribution in [0.3, 0.4) is 0 Å². The molecule has 2 aromatic rings. The molecule has 114 valence electrons. The van der Waals surface area contributed by atoms with Gasteiger partial charge in [-0.1, -0.05) is 26.0 Å². The van der Waals surface area contributed by atoms with E-state index in [0.717, 1.165) is 42.4 Å². The predicted octanol–water partition coefficient (Wildman–Crippen LogP) is 4.33. The molecule has 1 N–H and O–H groups in total. The highest BCUT2D eigenvalue weighted by Crippen LogP contribution is 2.25. The van der Waals surface area contributed by atoms with Gasteiger partial charge in [-0.2, -0.15) is 0 Å². The molecule has 0 radical (unpaired) electrons. The maximum Gasteiger partial charge on any atom is 0.119 e. The Morgan fingerprint density at radius 3 is 2.52 bits per heavy atom. The molecule has 1 aromatic carbocycles. The fraction of sp³-hybridized carbons (Fsp3) is 0.471. The Morgan fingerprint density at radius 2 is 1.95 bits per heavy atom. The number of hydrogen-bond donors (Lipinski definition) is 1. The van der Waals surface area contributed by atoms with Crippen molar-refractivity contribution in [1.29, 1.82) is 0 Å². The van der Waals surface area contributed by atoms with E-state index in [0.29, 0.717) is 0 Å². The van der Waals surface area contributed by atoms with Gasteiger partial charge in [0.15, 0.2) is 0 Å². The minimum Gasteiger partial charge on any atom is -0.494 e. The van der Waals surface area contributed by atoms with Crippen molar-refractivity contribution >= 4 is 11.3 Å². The second-order valence-corrected chi connectivity index (χ2v) is 6.16. The lowest BCUT2D eigenvalue weighted by atomic mass is 10.0. The zero-order chi connectivity index (χ0) is 15.1. The summed E-state index contributed by atoms with van der Waals surface area (Å²) >= 11 is 1.70. The van der Waals surface area contributed by atoms with Crippen molar-refractivity contribution in [3.63, 3.8) is 0 Å². The van der Waals surface area contributed by atoms with Crippen LogP contribution < -0.4 is 10.1 Å². The van der Waals surface area contributed by atoms with E-state index in [2.05, 4.69) is 41.7 Å². The first-order chi connectivity index (χ1) is 10.2. The third-order valence-electron chi connectivity index (χ3n) is 3.22. The first kappa shape index (κ1) is 16.0. The molecule has 0 aliphatic carbocycles. The number of hydrogen-bond acceptors (Lipinski definition) is 4. The van der Waals surface area contributed by atoms with Gasteiger partial charge in [0.05, 0.1) is 23.4 Å². The number of nitrogens with zero attached hydrogens (tertiary/aromatic N) is 1. The minimum atomic E-state index is 0.162. The smallest absolute Gasteiger partial charge is 0.119 e. The van der Waals surface area contributed by atoms with Crippen molar-refractivity contribution in [3.8, 4) is 5.75 Å². The third-order valence-corrected chi connectivity index (χ3v) is 4.01. The Labute approximate surface area is 131 Å². The molecule has 0 spiro atoms. The van der Waals surface area contributed by atoms with Crippen molar-refractivity contribution in [1.82, 2.24) is 10.3 Å². The van der Waals surface area contributed by atoms with Gasteiger partial charge in [0.2, 0.25) is 0 Å². The van der Waals surface area contributed by atoms with Crippen LogP contribution in [0, 0.1) is 6.92 Å². The molecule has 0 saturated carbocycles. The summed E-state index contributed by atoms with van der Waals surface area (Å²) in [5, 5.41) is 6.83. The largest absolute Gasteiger partial charge is 0.494 e. The minimum absolute atomic E-state index is 0.162. The number of aryl methyl sites for hydroxylation is 1. The van der Waals surface area contributed by atoms with Gasteiger partial charge in [0, 0.05) is 5.38 Å². The Kier molecular flexibility index (Phi) is 6.21. The maximum absolute atomic E-state index is 5.65. The lowest BCUT2D eigenvalue weighted by Gasteiger charge is -2.17. The average Bonchev–Trinajstić information content (AvgIpc) is 2.93. The molecule has 1 heterocycles. The summed E-state index contributed by atoms with van der Waals surface area (Å²) < 4.78 is 5.65. The summed E-state index contributed by atoms with van der Waals surface area (Å²) in [7, 11) is 0. The predicted molar refractivity (Wildman–Crippen MR) is 89.2 cm³/mol. The Morgan fingerprint density at radius 1 is 1.19 bits per heavy atom. The molecule has 21 heavy (non-hydrogen) atoms. The quantitative estimate of drug-likeness (QED) is 0.788. The standard InChI is InChI=1S/C17H24N2OS/c1-4-10-18-17(16-12-21-13(3)19-16)14-6-8-15(9-7-14)20-11-5-2/h6-9,12,17-18H,4-5,10-11H2,1-3H3. The number of thiazole rings is 1. The normalized spacial score (nSPS) is 12.3. The van der Waals surface area contributed by atoms with Gasteiger partial charge in [-0.25, -0.2) is 4.98 Å². The van der Waals surface area contributed by atoms with E-state index in [4.69, 9.17) is 4.74 Å². The molecular formula is C17H24N2OS. The van der Waals surface area contributed by atoms with Crippen LogP contribution >= 0.6 is 11.3 Å². The maximum atomic E-state index is 5.65. The summed E-state index contributed by atoms with van der Waals surface area (Å²) in [6.45, 7) is 8.09. The van der Waals surface area contributed by atoms with E-state index in [1.165, 1.54) is 5.56 Å². The molecule has 0 bridgehead atoms. The Bertz CT molecular complexity index is 536. The highest BCUT2D eigenvalue weighted by Gasteiger charge is 2.16. The molecule has 0 saturated heterocycles. The number of aromatic nitrogens is 1. The number of benzene rings is 1. The van der Waals surface area contributed by atoms with Crippen LogP contribution in [0.5, 0.6) is 5.75 Å². The topological polar surface area (TPSA) is 34.1 Å². The lowest BCUT2D eigenvalue weighted by molar-refractivity contribution is 0.317. The van der Waals surface area contributed by atoms with Gasteiger partial charge in [-0.05, 0) is 44.0 Å². The lowest BCUT2D eigenvalue weighted by Crippen LogP contribution is -2.23. The number of ether oxygens (including phenoxy) is 1. The van der Waals surface area contributed by atoms with Gasteiger partial charge in [-0.15, -0.1) is 11.3 Å². The second-order valence-electron chi connectivity index (χ2n) is 5.10. The molecule has 1 unspecified atom stereocenters. The van der Waals surface area contributed by atoms with Crippen LogP contribution in [-0.4, -0.2) is 18.1 Å². The molecule has 0 amide bonds. The molecule has 3 nitrogen and oxygen atoms in total. The molecule has 1 aromatic heterocycles. The van der Waals surface area contributed by atoms with Crippen molar-refractivity contribution in [2.75, 3.05) is 13.2 Å². The summed E-state index contributed by atoms with van der Waals surface area (Å²) in [5.74, 6) is 0.935. The summed E-state index contributed by atoms with van der Waals surface area (Å²) in [5.41, 5.74) is 2.34. The fourth-order valence-corrected chi connectivity index (χ4v) is 2.81. The molecule has 1 atom stereocenters. The van der Waals surface area contributed by atoms with Gasteiger partial charge < -0.3 is 10.1 Å². The Hall–Kier alpha value is -1.39. The highest BCUT2D eigenvalue weighted by molar-refractivity contribution is 7.09. The van der Waals surface area contributed by atoms with E-state index in [-0.39, 0.29) is 6.04 Å². The van der Waals surface area contributed by atoms with Crippen molar-refractivity contribution < 1.29 is 4.74 Å². The number of nitrogens with one attached hydrogen (secondary N) is 1. The van der Waals surface area contributed by atoms with Crippen LogP contribution in [0.1, 0.15) is 49.0 Å². The number of rotatable bonds is 8. The SMILES string of the molecule is CCCNC(c1ccc(OCCC)cc1)c1csc(C)n1. The summed E-state index contributed by atoms with van der Waals surface area (Å²) in [4.78, 5) is 4.64. The van der Waals surface area contributed by atoms with Gasteiger partial charge in [0.25, 0.3) is 0 Å². The monoisotopic (exact) mass is 304 g/mol. The first-order valence-corrected chi connectivity index (χ1v) is 8.50. The van der Waals surface area contributed by atoms with Crippen molar-refractivity contribution in [3.05, 3.63) is 45.9 Å². The van der Waals surface area contributed by atoms with E-state index in [1.807, 2.05) is 19.1 Å².